The summed E-state index contributed by atoms with van der Waals surface area (Å²) in [5.41, 5.74) is 0. The van der Waals surface area contributed by atoms with Crippen molar-refractivity contribution in [1.82, 2.24) is 13.9 Å². The van der Waals surface area contributed by atoms with Crippen LogP contribution in [0.15, 0.2) is 12.1 Å². The SMILES string of the molecule is CNCC1CCN(S(=O)(=O)N(C)Cc2ccc(Cl)s2)CC1. The third-order valence-corrected chi connectivity index (χ3v) is 6.94. The van der Waals surface area contributed by atoms with E-state index in [1.54, 1.807) is 17.4 Å². The molecular weight excluding hydrogens is 330 g/mol. The van der Waals surface area contributed by atoms with Gasteiger partial charge >= 0.3 is 0 Å². The van der Waals surface area contributed by atoms with Crippen LogP contribution in [0.1, 0.15) is 17.7 Å². The van der Waals surface area contributed by atoms with Gasteiger partial charge in [0.05, 0.1) is 4.34 Å². The smallest absolute Gasteiger partial charge is 0.282 e. The topological polar surface area (TPSA) is 52.7 Å². The van der Waals surface area contributed by atoms with Gasteiger partial charge < -0.3 is 5.32 Å². The second kappa shape index (κ2) is 7.39. The average molecular weight is 352 g/mol. The third kappa shape index (κ3) is 4.40. The van der Waals surface area contributed by atoms with Crippen molar-refractivity contribution in [1.29, 1.82) is 0 Å². The molecule has 1 fully saturated rings. The van der Waals surface area contributed by atoms with Crippen LogP contribution >= 0.6 is 22.9 Å². The molecule has 0 amide bonds. The Kier molecular flexibility index (Phi) is 6.05. The Morgan fingerprint density at radius 1 is 1.43 bits per heavy atom. The minimum Gasteiger partial charge on any atom is -0.319 e. The fourth-order valence-electron chi connectivity index (χ4n) is 2.57. The number of nitrogens with one attached hydrogen (secondary N) is 1. The number of rotatable bonds is 6. The lowest BCUT2D eigenvalue weighted by molar-refractivity contribution is 0.256. The van der Waals surface area contributed by atoms with Gasteiger partial charge in [0.15, 0.2) is 0 Å². The van der Waals surface area contributed by atoms with Gasteiger partial charge in [-0.15, -0.1) is 11.3 Å². The molecule has 1 aliphatic heterocycles. The number of hydrogen-bond acceptors (Lipinski definition) is 4. The largest absolute Gasteiger partial charge is 0.319 e. The normalized spacial score (nSPS) is 18.5. The highest BCUT2D eigenvalue weighted by molar-refractivity contribution is 7.86. The first-order chi connectivity index (χ1) is 9.93. The van der Waals surface area contributed by atoms with Crippen LogP contribution in [0.4, 0.5) is 0 Å². The van der Waals surface area contributed by atoms with Gasteiger partial charge in [-0.2, -0.15) is 17.0 Å². The molecule has 0 spiro atoms. The maximum absolute atomic E-state index is 12.6. The quantitative estimate of drug-likeness (QED) is 0.853. The van der Waals surface area contributed by atoms with Gasteiger partial charge in [0.2, 0.25) is 0 Å². The summed E-state index contributed by atoms with van der Waals surface area (Å²) in [5, 5.41) is 3.16. The van der Waals surface area contributed by atoms with E-state index in [4.69, 9.17) is 11.6 Å². The first-order valence-corrected chi connectivity index (χ1v) is 9.63. The summed E-state index contributed by atoms with van der Waals surface area (Å²) in [5.74, 6) is 0.572. The van der Waals surface area contributed by atoms with Gasteiger partial charge in [-0.1, -0.05) is 11.6 Å². The van der Waals surface area contributed by atoms with Crippen LogP contribution in [0, 0.1) is 5.92 Å². The number of thiophene rings is 1. The fourth-order valence-corrected chi connectivity index (χ4v) is 5.16. The number of halogens is 1. The van der Waals surface area contributed by atoms with Gasteiger partial charge in [0.1, 0.15) is 0 Å². The summed E-state index contributed by atoms with van der Waals surface area (Å²) >= 11 is 7.31. The Bertz CT molecular complexity index is 554. The summed E-state index contributed by atoms with van der Waals surface area (Å²) in [6.45, 7) is 2.53. The van der Waals surface area contributed by atoms with Gasteiger partial charge in [-0.25, -0.2) is 0 Å². The predicted octanol–water partition coefficient (Wildman–Crippen LogP) is 2.01. The molecule has 0 aliphatic carbocycles. The zero-order chi connectivity index (χ0) is 15.5. The molecule has 21 heavy (non-hydrogen) atoms. The second-order valence-corrected chi connectivity index (χ2v) is 9.20. The van der Waals surface area contributed by atoms with Crippen LogP contribution in [-0.2, 0) is 16.8 Å². The van der Waals surface area contributed by atoms with Gasteiger partial charge in [0.25, 0.3) is 10.2 Å². The Balaban J connectivity index is 1.95. The molecule has 8 heteroatoms. The molecule has 5 nitrogen and oxygen atoms in total. The standard InChI is InChI=1S/C13H22ClN3O2S2/c1-15-9-11-5-7-17(8-6-11)21(18,19)16(2)10-12-3-4-13(14)20-12/h3-4,11,15H,5-10H2,1-2H3. The molecule has 0 aromatic carbocycles. The highest BCUT2D eigenvalue weighted by atomic mass is 35.5. The van der Waals surface area contributed by atoms with E-state index in [1.807, 2.05) is 13.1 Å². The highest BCUT2D eigenvalue weighted by Crippen LogP contribution is 2.25. The Hall–Kier alpha value is -0.180. The molecule has 0 radical (unpaired) electrons. The molecule has 1 N–H and O–H groups in total. The lowest BCUT2D eigenvalue weighted by atomic mass is 9.98. The second-order valence-electron chi connectivity index (χ2n) is 5.37. The molecule has 1 saturated heterocycles. The van der Waals surface area contributed by atoms with Crippen LogP contribution in [0.2, 0.25) is 4.34 Å². The van der Waals surface area contributed by atoms with E-state index < -0.39 is 10.2 Å². The number of nitrogens with zero attached hydrogens (tertiary/aromatic N) is 2. The van der Waals surface area contributed by atoms with Crippen molar-refractivity contribution >= 4 is 33.1 Å². The van der Waals surface area contributed by atoms with Gasteiger partial charge in [-0.3, -0.25) is 0 Å². The van der Waals surface area contributed by atoms with Crippen molar-refractivity contribution in [2.45, 2.75) is 19.4 Å². The van der Waals surface area contributed by atoms with Gasteiger partial charge in [0, 0.05) is 31.6 Å². The van der Waals surface area contributed by atoms with Crippen molar-refractivity contribution in [3.05, 3.63) is 21.3 Å². The molecule has 1 aromatic rings. The van der Waals surface area contributed by atoms with Crippen molar-refractivity contribution in [2.24, 2.45) is 5.92 Å². The zero-order valence-electron chi connectivity index (χ0n) is 12.4. The van der Waals surface area contributed by atoms with E-state index in [0.29, 0.717) is 29.9 Å². The van der Waals surface area contributed by atoms with E-state index >= 15 is 0 Å². The van der Waals surface area contributed by atoms with Crippen molar-refractivity contribution < 1.29 is 8.42 Å². The van der Waals surface area contributed by atoms with Crippen molar-refractivity contribution in [2.75, 3.05) is 33.7 Å². The minimum atomic E-state index is -3.38. The van der Waals surface area contributed by atoms with Crippen molar-refractivity contribution in [3.8, 4) is 0 Å². The lowest BCUT2D eigenvalue weighted by Gasteiger charge is -2.33. The molecule has 120 valence electrons. The average Bonchev–Trinajstić information content (AvgIpc) is 2.85. The molecular formula is C13H22ClN3O2S2. The minimum absolute atomic E-state index is 0.371. The van der Waals surface area contributed by atoms with E-state index in [1.165, 1.54) is 15.6 Å². The number of piperidine rings is 1. The molecule has 1 aromatic heterocycles. The molecule has 2 heterocycles. The van der Waals surface area contributed by atoms with E-state index in [2.05, 4.69) is 5.32 Å². The Morgan fingerprint density at radius 3 is 2.62 bits per heavy atom. The van der Waals surface area contributed by atoms with E-state index in [0.717, 1.165) is 24.3 Å². The van der Waals surface area contributed by atoms with Crippen molar-refractivity contribution in [3.63, 3.8) is 0 Å². The Morgan fingerprint density at radius 2 is 2.10 bits per heavy atom. The van der Waals surface area contributed by atoms with Crippen LogP contribution in [-0.4, -0.2) is 50.8 Å². The molecule has 0 unspecified atom stereocenters. The lowest BCUT2D eigenvalue weighted by Crippen LogP contribution is -2.46. The summed E-state index contributed by atoms with van der Waals surface area (Å²) in [6, 6.07) is 3.67. The third-order valence-electron chi connectivity index (χ3n) is 3.79. The Labute approximate surface area is 136 Å². The summed E-state index contributed by atoms with van der Waals surface area (Å²) in [6.07, 6.45) is 1.83. The summed E-state index contributed by atoms with van der Waals surface area (Å²) in [7, 11) is 0.182. The number of hydrogen-bond donors (Lipinski definition) is 1. The summed E-state index contributed by atoms with van der Waals surface area (Å²) in [4.78, 5) is 0.955. The maximum atomic E-state index is 12.6. The van der Waals surface area contributed by atoms with Crippen LogP contribution < -0.4 is 5.32 Å². The van der Waals surface area contributed by atoms with Crippen LogP contribution in [0.5, 0.6) is 0 Å². The molecule has 0 bridgehead atoms. The van der Waals surface area contributed by atoms with Crippen LogP contribution in [0.3, 0.4) is 0 Å². The van der Waals surface area contributed by atoms with E-state index in [-0.39, 0.29) is 0 Å². The monoisotopic (exact) mass is 351 g/mol. The summed E-state index contributed by atoms with van der Waals surface area (Å²) < 4.78 is 28.8. The zero-order valence-corrected chi connectivity index (χ0v) is 14.8. The predicted molar refractivity (Wildman–Crippen MR) is 87.9 cm³/mol. The molecule has 0 saturated carbocycles. The van der Waals surface area contributed by atoms with E-state index in [9.17, 15) is 8.42 Å². The molecule has 2 rings (SSSR count). The first kappa shape index (κ1) is 17.2. The first-order valence-electron chi connectivity index (χ1n) is 7.03. The molecule has 0 atom stereocenters. The molecule has 1 aliphatic rings. The van der Waals surface area contributed by atoms with Gasteiger partial charge in [-0.05, 0) is 44.5 Å². The van der Waals surface area contributed by atoms with Crippen LogP contribution in [0.25, 0.3) is 0 Å². The maximum Gasteiger partial charge on any atom is 0.282 e. The fraction of sp³-hybridized carbons (Fsp3) is 0.692. The highest BCUT2D eigenvalue weighted by Gasteiger charge is 2.31.